The highest BCUT2D eigenvalue weighted by molar-refractivity contribution is 5.92. The van der Waals surface area contributed by atoms with Crippen molar-refractivity contribution in [2.75, 3.05) is 18.4 Å². The number of anilines is 1. The molecule has 0 saturated carbocycles. The van der Waals surface area contributed by atoms with E-state index in [2.05, 4.69) is 5.32 Å². The maximum atomic E-state index is 12.1. The van der Waals surface area contributed by atoms with Crippen LogP contribution in [0.5, 0.6) is 0 Å². The van der Waals surface area contributed by atoms with Gasteiger partial charge in [0.2, 0.25) is 0 Å². The van der Waals surface area contributed by atoms with Crippen LogP contribution in [0.25, 0.3) is 0 Å². The second-order valence-corrected chi connectivity index (χ2v) is 5.19. The van der Waals surface area contributed by atoms with Crippen molar-refractivity contribution in [2.45, 2.75) is 33.1 Å². The lowest BCUT2D eigenvalue weighted by molar-refractivity contribution is -0.384. The zero-order valence-corrected chi connectivity index (χ0v) is 11.8. The molecule has 6 nitrogen and oxygen atoms in total. The van der Waals surface area contributed by atoms with Gasteiger partial charge in [-0.2, -0.15) is 0 Å². The number of likely N-dealkylation sites (tertiary alicyclic amines) is 1. The number of nitrogens with zero attached hydrogens (tertiary/aromatic N) is 2. The molecule has 0 spiro atoms. The van der Waals surface area contributed by atoms with Gasteiger partial charge in [0.05, 0.1) is 4.92 Å². The number of nitro groups is 1. The number of nitro benzene ring substituents is 1. The molecule has 1 aliphatic heterocycles. The summed E-state index contributed by atoms with van der Waals surface area (Å²) in [6.45, 7) is 5.11. The minimum Gasteiger partial charge on any atom is -0.325 e. The first kappa shape index (κ1) is 14.3. The second-order valence-electron chi connectivity index (χ2n) is 5.19. The maximum Gasteiger partial charge on any atom is 0.322 e. The van der Waals surface area contributed by atoms with E-state index in [1.807, 2.05) is 13.8 Å². The van der Waals surface area contributed by atoms with Crippen molar-refractivity contribution >= 4 is 17.4 Å². The molecule has 2 amide bonds. The molecule has 20 heavy (non-hydrogen) atoms. The molecule has 1 fully saturated rings. The zero-order valence-electron chi connectivity index (χ0n) is 11.8. The summed E-state index contributed by atoms with van der Waals surface area (Å²) in [6, 6.07) is 2.91. The number of carbonyl (C=O) groups excluding carboxylic acids is 1. The molecule has 1 aromatic rings. The van der Waals surface area contributed by atoms with E-state index in [0.29, 0.717) is 13.1 Å². The summed E-state index contributed by atoms with van der Waals surface area (Å²) < 4.78 is 0. The van der Waals surface area contributed by atoms with E-state index in [1.54, 1.807) is 11.0 Å². The van der Waals surface area contributed by atoms with E-state index >= 15 is 0 Å². The fourth-order valence-corrected chi connectivity index (χ4v) is 2.34. The quantitative estimate of drug-likeness (QED) is 0.666. The van der Waals surface area contributed by atoms with Crippen molar-refractivity contribution < 1.29 is 9.72 Å². The van der Waals surface area contributed by atoms with Gasteiger partial charge in [0.1, 0.15) is 5.69 Å². The lowest BCUT2D eigenvalue weighted by atomic mass is 10.1. The number of nitrogens with one attached hydrogen (secondary N) is 1. The van der Waals surface area contributed by atoms with Crippen molar-refractivity contribution in [2.24, 2.45) is 0 Å². The summed E-state index contributed by atoms with van der Waals surface area (Å²) in [6.07, 6.45) is 3.11. The molecule has 0 atom stereocenters. The Morgan fingerprint density at radius 1 is 1.20 bits per heavy atom. The summed E-state index contributed by atoms with van der Waals surface area (Å²) in [5, 5.41) is 13.8. The minimum absolute atomic E-state index is 0.0570. The van der Waals surface area contributed by atoms with Crippen LogP contribution in [0.2, 0.25) is 0 Å². The zero-order chi connectivity index (χ0) is 14.7. The summed E-state index contributed by atoms with van der Waals surface area (Å²) in [5.41, 5.74) is 1.98. The first-order valence-electron chi connectivity index (χ1n) is 6.80. The van der Waals surface area contributed by atoms with Crippen LogP contribution in [-0.2, 0) is 0 Å². The van der Waals surface area contributed by atoms with Gasteiger partial charge >= 0.3 is 6.03 Å². The monoisotopic (exact) mass is 277 g/mol. The average Bonchev–Trinajstić information content (AvgIpc) is 2.43. The van der Waals surface area contributed by atoms with Crippen molar-refractivity contribution in [1.82, 2.24) is 4.90 Å². The summed E-state index contributed by atoms with van der Waals surface area (Å²) in [7, 11) is 0. The molecule has 0 aromatic heterocycles. The molecule has 2 rings (SSSR count). The standard InChI is InChI=1S/C14H19N3O3/c1-10-8-12(13(17(19)20)9-11(10)2)15-14(18)16-6-4-3-5-7-16/h8-9H,3-7H2,1-2H3,(H,15,18). The van der Waals surface area contributed by atoms with Crippen LogP contribution in [0, 0.1) is 24.0 Å². The number of carbonyl (C=O) groups is 1. The smallest absolute Gasteiger partial charge is 0.322 e. The van der Waals surface area contributed by atoms with E-state index in [1.165, 1.54) is 6.07 Å². The van der Waals surface area contributed by atoms with Crippen LogP contribution in [0.1, 0.15) is 30.4 Å². The highest BCUT2D eigenvalue weighted by Gasteiger charge is 2.21. The number of rotatable bonds is 2. The molecule has 1 aliphatic rings. The molecule has 1 aromatic carbocycles. The van der Waals surface area contributed by atoms with Crippen molar-refractivity contribution in [1.29, 1.82) is 0 Å². The van der Waals surface area contributed by atoms with Gasteiger partial charge in [-0.05, 0) is 50.3 Å². The Balaban J connectivity index is 2.21. The number of hydrogen-bond donors (Lipinski definition) is 1. The van der Waals surface area contributed by atoms with Crippen LogP contribution in [0.15, 0.2) is 12.1 Å². The number of urea groups is 1. The highest BCUT2D eigenvalue weighted by Crippen LogP contribution is 2.28. The normalized spacial score (nSPS) is 15.0. The molecule has 6 heteroatoms. The average molecular weight is 277 g/mol. The van der Waals surface area contributed by atoms with Gasteiger partial charge in [0, 0.05) is 19.2 Å². The van der Waals surface area contributed by atoms with E-state index in [4.69, 9.17) is 0 Å². The predicted octanol–water partition coefficient (Wildman–Crippen LogP) is 3.23. The van der Waals surface area contributed by atoms with Crippen molar-refractivity contribution in [3.63, 3.8) is 0 Å². The molecule has 1 heterocycles. The third-order valence-corrected chi connectivity index (χ3v) is 3.69. The molecule has 0 radical (unpaired) electrons. The fourth-order valence-electron chi connectivity index (χ4n) is 2.34. The van der Waals surface area contributed by atoms with E-state index in [0.717, 1.165) is 30.4 Å². The topological polar surface area (TPSA) is 75.5 Å². The predicted molar refractivity (Wildman–Crippen MR) is 77.0 cm³/mol. The summed E-state index contributed by atoms with van der Waals surface area (Å²) in [5.74, 6) is 0. The largest absolute Gasteiger partial charge is 0.325 e. The lowest BCUT2D eigenvalue weighted by Gasteiger charge is -2.26. The van der Waals surface area contributed by atoms with E-state index in [9.17, 15) is 14.9 Å². The summed E-state index contributed by atoms with van der Waals surface area (Å²) in [4.78, 5) is 24.5. The number of piperidine rings is 1. The SMILES string of the molecule is Cc1cc(NC(=O)N2CCCCC2)c([N+](=O)[O-])cc1C. The van der Waals surface area contributed by atoms with Crippen LogP contribution in [-0.4, -0.2) is 28.9 Å². The number of benzene rings is 1. The van der Waals surface area contributed by atoms with Crippen molar-refractivity contribution in [3.05, 3.63) is 33.4 Å². The lowest BCUT2D eigenvalue weighted by Crippen LogP contribution is -2.38. The molecule has 1 N–H and O–H groups in total. The van der Waals surface area contributed by atoms with Crippen LogP contribution in [0.3, 0.4) is 0 Å². The molecular formula is C14H19N3O3. The third kappa shape index (κ3) is 3.07. The number of hydrogen-bond acceptors (Lipinski definition) is 3. The number of amides is 2. The van der Waals surface area contributed by atoms with Gasteiger partial charge in [-0.25, -0.2) is 4.79 Å². The van der Waals surface area contributed by atoms with Gasteiger partial charge in [-0.1, -0.05) is 0 Å². The molecule has 0 bridgehead atoms. The third-order valence-electron chi connectivity index (χ3n) is 3.69. The Morgan fingerprint density at radius 2 is 1.80 bits per heavy atom. The van der Waals surface area contributed by atoms with Gasteiger partial charge in [-0.3, -0.25) is 10.1 Å². The van der Waals surface area contributed by atoms with Crippen LogP contribution < -0.4 is 5.32 Å². The second kappa shape index (κ2) is 5.90. The fraction of sp³-hybridized carbons (Fsp3) is 0.500. The molecule has 0 aliphatic carbocycles. The number of aryl methyl sites for hydroxylation is 2. The van der Waals surface area contributed by atoms with E-state index < -0.39 is 4.92 Å². The highest BCUT2D eigenvalue weighted by atomic mass is 16.6. The van der Waals surface area contributed by atoms with Gasteiger partial charge in [0.25, 0.3) is 5.69 Å². The Labute approximate surface area is 117 Å². The Kier molecular flexibility index (Phi) is 4.22. The minimum atomic E-state index is -0.460. The maximum absolute atomic E-state index is 12.1. The first-order valence-corrected chi connectivity index (χ1v) is 6.80. The molecule has 108 valence electrons. The van der Waals surface area contributed by atoms with Gasteiger partial charge < -0.3 is 10.2 Å². The Bertz CT molecular complexity index is 537. The molecule has 1 saturated heterocycles. The first-order chi connectivity index (χ1) is 9.49. The molecular weight excluding hydrogens is 258 g/mol. The van der Waals surface area contributed by atoms with Crippen LogP contribution >= 0.6 is 0 Å². The van der Waals surface area contributed by atoms with Crippen molar-refractivity contribution in [3.8, 4) is 0 Å². The van der Waals surface area contributed by atoms with Gasteiger partial charge in [-0.15, -0.1) is 0 Å². The van der Waals surface area contributed by atoms with Crippen LogP contribution in [0.4, 0.5) is 16.2 Å². The van der Waals surface area contributed by atoms with Gasteiger partial charge in [0.15, 0.2) is 0 Å². The summed E-state index contributed by atoms with van der Waals surface area (Å²) >= 11 is 0. The Hall–Kier alpha value is -2.11. The molecule has 0 unspecified atom stereocenters. The Morgan fingerprint density at radius 3 is 2.40 bits per heavy atom. The van der Waals surface area contributed by atoms with E-state index in [-0.39, 0.29) is 17.4 Å².